The van der Waals surface area contributed by atoms with Crippen LogP contribution in [0.1, 0.15) is 44.1 Å². The number of guanidine groups is 1. The summed E-state index contributed by atoms with van der Waals surface area (Å²) in [6.07, 6.45) is 2.91. The molecule has 0 spiro atoms. The summed E-state index contributed by atoms with van der Waals surface area (Å²) < 4.78 is 2.06. The Morgan fingerprint density at radius 2 is 1.90 bits per heavy atom. The summed E-state index contributed by atoms with van der Waals surface area (Å²) in [7, 11) is 0. The number of aromatic nitrogens is 3. The highest BCUT2D eigenvalue weighted by Gasteiger charge is 2.04. The molecule has 0 unspecified atom stereocenters. The molecule has 0 saturated carbocycles. The minimum absolute atomic E-state index is 0. The zero-order chi connectivity index (χ0) is 20.4. The van der Waals surface area contributed by atoms with Crippen LogP contribution in [0.25, 0.3) is 0 Å². The summed E-state index contributed by atoms with van der Waals surface area (Å²) in [5.74, 6) is 1.86. The van der Waals surface area contributed by atoms with Crippen molar-refractivity contribution in [3.05, 3.63) is 41.3 Å². The number of rotatable bonds is 10. The van der Waals surface area contributed by atoms with Gasteiger partial charge in [0.2, 0.25) is 0 Å². The van der Waals surface area contributed by atoms with E-state index in [9.17, 15) is 0 Å². The van der Waals surface area contributed by atoms with E-state index in [4.69, 9.17) is 0 Å². The van der Waals surface area contributed by atoms with E-state index in [-0.39, 0.29) is 24.0 Å². The third-order valence-electron chi connectivity index (χ3n) is 4.60. The van der Waals surface area contributed by atoms with Crippen molar-refractivity contribution in [2.24, 2.45) is 4.99 Å². The number of aryl methyl sites for hydroxylation is 3. The van der Waals surface area contributed by atoms with E-state index >= 15 is 0 Å². The first-order valence-electron chi connectivity index (χ1n) is 10.3. The van der Waals surface area contributed by atoms with Crippen LogP contribution >= 0.6 is 24.0 Å². The predicted octanol–water partition coefficient (Wildman–Crippen LogP) is 3.50. The second-order valence-electron chi connectivity index (χ2n) is 6.82. The summed E-state index contributed by atoms with van der Waals surface area (Å²) in [5, 5.41) is 11.2. The van der Waals surface area contributed by atoms with Crippen molar-refractivity contribution in [1.82, 2.24) is 25.4 Å². The average Bonchev–Trinajstić information content (AvgIpc) is 3.02. The van der Waals surface area contributed by atoms with Crippen LogP contribution in [-0.2, 0) is 13.1 Å². The number of nitrogens with zero attached hydrogens (tertiary/aromatic N) is 5. The lowest BCUT2D eigenvalue weighted by Crippen LogP contribution is -2.38. The lowest BCUT2D eigenvalue weighted by Gasteiger charge is -2.19. The topological polar surface area (TPSA) is 70.4 Å². The van der Waals surface area contributed by atoms with Crippen LogP contribution in [0.5, 0.6) is 0 Å². The molecule has 0 saturated heterocycles. The van der Waals surface area contributed by atoms with E-state index in [0.717, 1.165) is 62.2 Å². The molecular weight excluding hydrogens is 477 g/mol. The summed E-state index contributed by atoms with van der Waals surface area (Å²) >= 11 is 0. The van der Waals surface area contributed by atoms with Gasteiger partial charge in [-0.2, -0.15) is 5.10 Å². The number of pyridine rings is 1. The van der Waals surface area contributed by atoms with Gasteiger partial charge in [-0.05, 0) is 58.7 Å². The Hall–Kier alpha value is -1.84. The van der Waals surface area contributed by atoms with Crippen LogP contribution in [0.2, 0.25) is 0 Å². The van der Waals surface area contributed by atoms with Gasteiger partial charge in [-0.3, -0.25) is 4.68 Å². The monoisotopic (exact) mass is 513 g/mol. The zero-order valence-corrected chi connectivity index (χ0v) is 20.7. The first-order chi connectivity index (χ1) is 13.6. The van der Waals surface area contributed by atoms with Crippen molar-refractivity contribution >= 4 is 35.8 Å². The van der Waals surface area contributed by atoms with Gasteiger partial charge in [0.25, 0.3) is 0 Å². The minimum atomic E-state index is 0. The zero-order valence-electron chi connectivity index (χ0n) is 18.4. The molecule has 0 bridgehead atoms. The van der Waals surface area contributed by atoms with E-state index in [0.29, 0.717) is 6.54 Å². The molecule has 2 N–H and O–H groups in total. The number of halogens is 1. The maximum atomic E-state index is 4.68. The van der Waals surface area contributed by atoms with Crippen molar-refractivity contribution in [2.75, 3.05) is 31.1 Å². The Kier molecular flexibility index (Phi) is 11.6. The van der Waals surface area contributed by atoms with Crippen molar-refractivity contribution < 1.29 is 0 Å². The third kappa shape index (κ3) is 8.20. The number of nitrogens with one attached hydrogen (secondary N) is 2. The highest BCUT2D eigenvalue weighted by Crippen LogP contribution is 2.11. The Bertz CT molecular complexity index is 736. The highest BCUT2D eigenvalue weighted by atomic mass is 127. The van der Waals surface area contributed by atoms with Gasteiger partial charge in [-0.1, -0.05) is 6.07 Å². The second kappa shape index (κ2) is 13.4. The van der Waals surface area contributed by atoms with Crippen LogP contribution in [0, 0.1) is 13.8 Å². The number of hydrogen-bond donors (Lipinski definition) is 2. The molecule has 2 aromatic heterocycles. The molecule has 2 aromatic rings. The first kappa shape index (κ1) is 25.2. The Morgan fingerprint density at radius 1 is 1.14 bits per heavy atom. The molecule has 8 heteroatoms. The Labute approximate surface area is 192 Å². The number of aliphatic imine (C=N–C) groups is 1. The molecule has 0 aliphatic carbocycles. The van der Waals surface area contributed by atoms with Gasteiger partial charge >= 0.3 is 0 Å². The molecule has 0 amide bonds. The smallest absolute Gasteiger partial charge is 0.191 e. The SMILES string of the molecule is CCNC(=NCc1ccc(N(CC)CC)nc1)NCCCn1nc(C)cc1C.I. The lowest BCUT2D eigenvalue weighted by atomic mass is 10.3. The van der Waals surface area contributed by atoms with Crippen LogP contribution in [-0.4, -0.2) is 46.9 Å². The van der Waals surface area contributed by atoms with E-state index in [1.54, 1.807) is 0 Å². The molecule has 2 rings (SSSR count). The van der Waals surface area contributed by atoms with E-state index in [1.807, 2.05) is 13.1 Å². The van der Waals surface area contributed by atoms with E-state index in [1.165, 1.54) is 5.69 Å². The number of anilines is 1. The molecule has 0 aliphatic rings. The Balaban J connectivity index is 0.00000420. The second-order valence-corrected chi connectivity index (χ2v) is 6.82. The highest BCUT2D eigenvalue weighted by molar-refractivity contribution is 14.0. The van der Waals surface area contributed by atoms with Crippen LogP contribution < -0.4 is 15.5 Å². The maximum Gasteiger partial charge on any atom is 0.191 e. The third-order valence-corrected chi connectivity index (χ3v) is 4.60. The molecule has 0 aliphatic heterocycles. The van der Waals surface area contributed by atoms with E-state index < -0.39 is 0 Å². The summed E-state index contributed by atoms with van der Waals surface area (Å²) in [6.45, 7) is 15.6. The fraction of sp³-hybridized carbons (Fsp3) is 0.571. The summed E-state index contributed by atoms with van der Waals surface area (Å²) in [5.41, 5.74) is 3.38. The molecule has 0 aromatic carbocycles. The normalized spacial score (nSPS) is 11.1. The van der Waals surface area contributed by atoms with E-state index in [2.05, 4.69) is 81.2 Å². The first-order valence-corrected chi connectivity index (χ1v) is 10.3. The quantitative estimate of drug-likeness (QED) is 0.220. The van der Waals surface area contributed by atoms with Gasteiger partial charge in [0.1, 0.15) is 5.82 Å². The fourth-order valence-corrected chi connectivity index (χ4v) is 3.09. The molecule has 2 heterocycles. The molecule has 162 valence electrons. The van der Waals surface area contributed by atoms with Crippen LogP contribution in [0.4, 0.5) is 5.82 Å². The average molecular weight is 513 g/mol. The summed E-state index contributed by atoms with van der Waals surface area (Å²) in [6, 6.07) is 6.29. The van der Waals surface area contributed by atoms with Crippen molar-refractivity contribution in [1.29, 1.82) is 0 Å². The maximum absolute atomic E-state index is 4.68. The molecular formula is C21H36IN7. The molecule has 7 nitrogen and oxygen atoms in total. The van der Waals surface area contributed by atoms with Crippen molar-refractivity contribution in [3.8, 4) is 0 Å². The van der Waals surface area contributed by atoms with Gasteiger partial charge in [0.15, 0.2) is 5.96 Å². The molecule has 0 atom stereocenters. The molecule has 0 fully saturated rings. The van der Waals surface area contributed by atoms with Gasteiger partial charge in [-0.25, -0.2) is 9.98 Å². The predicted molar refractivity (Wildman–Crippen MR) is 132 cm³/mol. The Morgan fingerprint density at radius 3 is 2.45 bits per heavy atom. The van der Waals surface area contributed by atoms with Gasteiger partial charge < -0.3 is 15.5 Å². The fourth-order valence-electron chi connectivity index (χ4n) is 3.09. The standard InChI is InChI=1S/C21H35N7.HI/c1-6-22-21(23-12-9-13-28-18(5)14-17(4)26-28)25-16-19-10-11-20(24-15-19)27(7-2)8-3;/h10-11,14-15H,6-9,12-13,16H2,1-5H3,(H2,22,23,25);1H. The molecule has 29 heavy (non-hydrogen) atoms. The number of hydrogen-bond acceptors (Lipinski definition) is 4. The van der Waals surface area contributed by atoms with Crippen LogP contribution in [0.15, 0.2) is 29.4 Å². The van der Waals surface area contributed by atoms with Crippen molar-refractivity contribution in [3.63, 3.8) is 0 Å². The van der Waals surface area contributed by atoms with Gasteiger partial charge in [-0.15, -0.1) is 24.0 Å². The van der Waals surface area contributed by atoms with Gasteiger partial charge in [0, 0.05) is 44.6 Å². The van der Waals surface area contributed by atoms with Crippen LogP contribution in [0.3, 0.4) is 0 Å². The largest absolute Gasteiger partial charge is 0.357 e. The lowest BCUT2D eigenvalue weighted by molar-refractivity contribution is 0.555. The minimum Gasteiger partial charge on any atom is -0.357 e. The molecule has 0 radical (unpaired) electrons. The summed E-state index contributed by atoms with van der Waals surface area (Å²) in [4.78, 5) is 11.5. The van der Waals surface area contributed by atoms with Crippen molar-refractivity contribution in [2.45, 2.75) is 54.1 Å². The van der Waals surface area contributed by atoms with Gasteiger partial charge in [0.05, 0.1) is 12.2 Å².